The summed E-state index contributed by atoms with van der Waals surface area (Å²) in [5.41, 5.74) is 1.12. The van der Waals surface area contributed by atoms with Crippen LogP contribution in [-0.4, -0.2) is 11.0 Å². The van der Waals surface area contributed by atoms with E-state index in [9.17, 15) is 0 Å². The molecule has 1 aromatic heterocycles. The molecular weight excluding hydrogens is 184 g/mol. The van der Waals surface area contributed by atoms with Crippen molar-refractivity contribution in [2.24, 2.45) is 0 Å². The minimum atomic E-state index is 0.596. The fourth-order valence-electron chi connectivity index (χ4n) is 1.58. The van der Waals surface area contributed by atoms with E-state index in [-0.39, 0.29) is 0 Å². The van der Waals surface area contributed by atoms with E-state index in [0.717, 1.165) is 12.2 Å². The first-order chi connectivity index (χ1) is 7.33. The molecule has 0 radical (unpaired) electrons. The van der Waals surface area contributed by atoms with Crippen molar-refractivity contribution in [3.8, 4) is 0 Å². The number of aromatic nitrogens is 1. The van der Waals surface area contributed by atoms with Crippen LogP contribution in [0.4, 0.5) is 0 Å². The van der Waals surface area contributed by atoms with Crippen LogP contribution in [-0.2, 0) is 6.54 Å². The second-order valence-corrected chi connectivity index (χ2v) is 4.10. The number of nitrogens with zero attached hydrogens (tertiary/aromatic N) is 1. The zero-order valence-electron chi connectivity index (χ0n) is 9.87. The van der Waals surface area contributed by atoms with Gasteiger partial charge in [0.2, 0.25) is 0 Å². The molecule has 0 fully saturated rings. The van der Waals surface area contributed by atoms with E-state index >= 15 is 0 Å². The molecule has 0 amide bonds. The van der Waals surface area contributed by atoms with E-state index in [4.69, 9.17) is 0 Å². The normalized spacial score (nSPS) is 12.7. The van der Waals surface area contributed by atoms with E-state index in [0.29, 0.717) is 6.04 Å². The van der Waals surface area contributed by atoms with Gasteiger partial charge in [-0.3, -0.25) is 4.98 Å². The number of unbranched alkanes of at least 4 members (excludes halogenated alkanes) is 2. The number of rotatable bonds is 7. The molecule has 0 aliphatic rings. The maximum absolute atomic E-state index is 4.28. The number of hydrogen-bond acceptors (Lipinski definition) is 2. The SMILES string of the molecule is CCCCC[C@@H](C)NCc1ccccn1. The first-order valence-corrected chi connectivity index (χ1v) is 5.96. The Hall–Kier alpha value is -0.890. The Bertz CT molecular complexity index is 246. The molecule has 0 unspecified atom stereocenters. The quantitative estimate of drug-likeness (QED) is 0.693. The fraction of sp³-hybridized carbons (Fsp3) is 0.615. The van der Waals surface area contributed by atoms with Crippen LogP contribution in [0.15, 0.2) is 24.4 Å². The highest BCUT2D eigenvalue weighted by Crippen LogP contribution is 2.03. The van der Waals surface area contributed by atoms with Crippen molar-refractivity contribution in [2.75, 3.05) is 0 Å². The lowest BCUT2D eigenvalue weighted by molar-refractivity contribution is 0.484. The van der Waals surface area contributed by atoms with Gasteiger partial charge in [-0.25, -0.2) is 0 Å². The van der Waals surface area contributed by atoms with Crippen LogP contribution < -0.4 is 5.32 Å². The highest BCUT2D eigenvalue weighted by atomic mass is 14.9. The van der Waals surface area contributed by atoms with Crippen molar-refractivity contribution >= 4 is 0 Å². The maximum Gasteiger partial charge on any atom is 0.0541 e. The van der Waals surface area contributed by atoms with Gasteiger partial charge in [-0.1, -0.05) is 32.3 Å². The average Bonchev–Trinajstić information content (AvgIpc) is 2.28. The highest BCUT2D eigenvalue weighted by molar-refractivity contribution is 5.02. The standard InChI is InChI=1S/C13H22N2/c1-3-4-5-8-12(2)15-11-13-9-6-7-10-14-13/h6-7,9-10,12,15H,3-5,8,11H2,1-2H3/t12-/m1/s1. The lowest BCUT2D eigenvalue weighted by Gasteiger charge is -2.12. The van der Waals surface area contributed by atoms with Crippen LogP contribution in [0.1, 0.15) is 45.2 Å². The van der Waals surface area contributed by atoms with Gasteiger partial charge in [-0.2, -0.15) is 0 Å². The first kappa shape index (κ1) is 12.2. The third-order valence-electron chi connectivity index (χ3n) is 2.60. The van der Waals surface area contributed by atoms with Gasteiger partial charge in [0.1, 0.15) is 0 Å². The number of nitrogens with one attached hydrogen (secondary N) is 1. The van der Waals surface area contributed by atoms with Gasteiger partial charge in [0.15, 0.2) is 0 Å². The lowest BCUT2D eigenvalue weighted by atomic mass is 10.1. The topological polar surface area (TPSA) is 24.9 Å². The van der Waals surface area contributed by atoms with Crippen LogP contribution in [0.25, 0.3) is 0 Å². The van der Waals surface area contributed by atoms with E-state index in [1.165, 1.54) is 25.7 Å². The molecule has 1 heterocycles. The largest absolute Gasteiger partial charge is 0.309 e. The van der Waals surface area contributed by atoms with Gasteiger partial charge in [-0.05, 0) is 25.5 Å². The maximum atomic E-state index is 4.28. The van der Waals surface area contributed by atoms with Gasteiger partial charge in [0.05, 0.1) is 5.69 Å². The molecule has 0 aliphatic heterocycles. The Morgan fingerprint density at radius 3 is 2.87 bits per heavy atom. The van der Waals surface area contributed by atoms with Crippen molar-refractivity contribution < 1.29 is 0 Å². The van der Waals surface area contributed by atoms with E-state index < -0.39 is 0 Å². The average molecular weight is 206 g/mol. The minimum Gasteiger partial charge on any atom is -0.309 e. The summed E-state index contributed by atoms with van der Waals surface area (Å²) in [6.45, 7) is 5.37. The molecule has 15 heavy (non-hydrogen) atoms. The van der Waals surface area contributed by atoms with Crippen molar-refractivity contribution in [1.82, 2.24) is 10.3 Å². The van der Waals surface area contributed by atoms with Crippen LogP contribution in [0.2, 0.25) is 0 Å². The third kappa shape index (κ3) is 5.53. The van der Waals surface area contributed by atoms with Crippen LogP contribution in [0.3, 0.4) is 0 Å². The lowest BCUT2D eigenvalue weighted by Crippen LogP contribution is -2.25. The molecule has 0 bridgehead atoms. The van der Waals surface area contributed by atoms with Crippen LogP contribution in [0, 0.1) is 0 Å². The van der Waals surface area contributed by atoms with Crippen molar-refractivity contribution in [1.29, 1.82) is 0 Å². The Morgan fingerprint density at radius 2 is 2.20 bits per heavy atom. The van der Waals surface area contributed by atoms with E-state index in [1.54, 1.807) is 0 Å². The molecule has 0 aromatic carbocycles. The van der Waals surface area contributed by atoms with Crippen LogP contribution >= 0.6 is 0 Å². The second kappa shape index (κ2) is 7.41. The monoisotopic (exact) mass is 206 g/mol. The summed E-state index contributed by atoms with van der Waals surface area (Å²) in [6.07, 6.45) is 7.08. The fourth-order valence-corrected chi connectivity index (χ4v) is 1.58. The first-order valence-electron chi connectivity index (χ1n) is 5.96. The molecule has 0 saturated carbocycles. The van der Waals surface area contributed by atoms with Crippen LogP contribution in [0.5, 0.6) is 0 Å². The molecule has 0 aliphatic carbocycles. The summed E-state index contributed by atoms with van der Waals surface area (Å²) >= 11 is 0. The zero-order chi connectivity index (χ0) is 10.9. The molecule has 1 rings (SSSR count). The molecule has 2 heteroatoms. The Kier molecular flexibility index (Phi) is 6.02. The third-order valence-corrected chi connectivity index (χ3v) is 2.60. The van der Waals surface area contributed by atoms with Gasteiger partial charge in [0, 0.05) is 18.8 Å². The molecule has 1 N–H and O–H groups in total. The van der Waals surface area contributed by atoms with E-state index in [1.807, 2.05) is 18.3 Å². The molecule has 0 spiro atoms. The Labute approximate surface area is 93.1 Å². The molecular formula is C13H22N2. The second-order valence-electron chi connectivity index (χ2n) is 4.10. The Morgan fingerprint density at radius 1 is 1.33 bits per heavy atom. The van der Waals surface area contributed by atoms with E-state index in [2.05, 4.69) is 30.2 Å². The summed E-state index contributed by atoms with van der Waals surface area (Å²) in [4.78, 5) is 4.28. The molecule has 1 atom stereocenters. The smallest absolute Gasteiger partial charge is 0.0541 e. The number of hydrogen-bond donors (Lipinski definition) is 1. The van der Waals surface area contributed by atoms with Crippen molar-refractivity contribution in [2.45, 2.75) is 52.1 Å². The van der Waals surface area contributed by atoms with Gasteiger partial charge in [-0.15, -0.1) is 0 Å². The van der Waals surface area contributed by atoms with Crippen molar-refractivity contribution in [3.05, 3.63) is 30.1 Å². The molecule has 84 valence electrons. The minimum absolute atomic E-state index is 0.596. The predicted molar refractivity (Wildman–Crippen MR) is 64.7 cm³/mol. The number of pyridine rings is 1. The van der Waals surface area contributed by atoms with Gasteiger partial charge in [0.25, 0.3) is 0 Å². The summed E-state index contributed by atoms with van der Waals surface area (Å²) < 4.78 is 0. The summed E-state index contributed by atoms with van der Waals surface area (Å²) in [7, 11) is 0. The molecule has 2 nitrogen and oxygen atoms in total. The summed E-state index contributed by atoms with van der Waals surface area (Å²) in [6, 6.07) is 6.64. The predicted octanol–water partition coefficient (Wildman–Crippen LogP) is 3.14. The summed E-state index contributed by atoms with van der Waals surface area (Å²) in [5.74, 6) is 0. The zero-order valence-corrected chi connectivity index (χ0v) is 9.87. The highest BCUT2D eigenvalue weighted by Gasteiger charge is 2.00. The van der Waals surface area contributed by atoms with Crippen molar-refractivity contribution in [3.63, 3.8) is 0 Å². The van der Waals surface area contributed by atoms with Gasteiger partial charge < -0.3 is 5.32 Å². The summed E-state index contributed by atoms with van der Waals surface area (Å²) in [5, 5.41) is 3.50. The van der Waals surface area contributed by atoms with Gasteiger partial charge >= 0.3 is 0 Å². The Balaban J connectivity index is 2.14. The molecule has 1 aromatic rings. The molecule has 0 saturated heterocycles.